The topological polar surface area (TPSA) is 35.5 Å². The van der Waals surface area contributed by atoms with Crippen LogP contribution >= 0.6 is 0 Å². The highest BCUT2D eigenvalue weighted by Crippen LogP contribution is 2.09. The Balaban J connectivity index is 1.62. The van der Waals surface area contributed by atoms with Gasteiger partial charge in [0.1, 0.15) is 5.75 Å². The summed E-state index contributed by atoms with van der Waals surface area (Å²) in [5, 5.41) is 12.6. The number of likely N-dealkylation sites (tertiary alicyclic amines) is 1. The first-order valence-electron chi connectivity index (χ1n) is 6.05. The van der Waals surface area contributed by atoms with E-state index in [2.05, 4.69) is 10.2 Å². The van der Waals surface area contributed by atoms with Crippen molar-refractivity contribution in [2.45, 2.75) is 19.4 Å². The smallest absolute Gasteiger partial charge is 0.115 e. The fourth-order valence-electron chi connectivity index (χ4n) is 2.09. The van der Waals surface area contributed by atoms with Crippen molar-refractivity contribution in [3.8, 4) is 5.75 Å². The van der Waals surface area contributed by atoms with Gasteiger partial charge in [-0.1, -0.05) is 12.1 Å². The maximum atomic E-state index is 9.14. The first kappa shape index (κ1) is 11.4. The number of hydrogen-bond acceptors (Lipinski definition) is 3. The molecule has 2 N–H and O–H groups in total. The number of nitrogens with zero attached hydrogens (tertiary/aromatic N) is 1. The van der Waals surface area contributed by atoms with E-state index in [1.165, 1.54) is 31.5 Å². The first-order valence-corrected chi connectivity index (χ1v) is 6.05. The Labute approximate surface area is 97.1 Å². The van der Waals surface area contributed by atoms with E-state index < -0.39 is 0 Å². The Morgan fingerprint density at radius 2 is 1.81 bits per heavy atom. The largest absolute Gasteiger partial charge is 0.508 e. The van der Waals surface area contributed by atoms with Gasteiger partial charge >= 0.3 is 0 Å². The van der Waals surface area contributed by atoms with Gasteiger partial charge in [0.05, 0.1) is 0 Å². The lowest BCUT2D eigenvalue weighted by molar-refractivity contribution is 0.335. The number of phenols is 1. The van der Waals surface area contributed by atoms with Gasteiger partial charge in [0, 0.05) is 19.6 Å². The van der Waals surface area contributed by atoms with Crippen LogP contribution in [0.2, 0.25) is 0 Å². The monoisotopic (exact) mass is 220 g/mol. The van der Waals surface area contributed by atoms with Crippen LogP contribution in [0.3, 0.4) is 0 Å². The molecular weight excluding hydrogens is 200 g/mol. The number of rotatable bonds is 5. The Morgan fingerprint density at radius 1 is 1.12 bits per heavy atom. The lowest BCUT2D eigenvalue weighted by Crippen LogP contribution is -2.29. The minimum atomic E-state index is 0.334. The van der Waals surface area contributed by atoms with Crippen molar-refractivity contribution in [3.05, 3.63) is 29.8 Å². The minimum Gasteiger partial charge on any atom is -0.508 e. The highest BCUT2D eigenvalue weighted by atomic mass is 16.3. The van der Waals surface area contributed by atoms with Gasteiger partial charge in [-0.25, -0.2) is 0 Å². The predicted molar refractivity (Wildman–Crippen MR) is 65.5 cm³/mol. The standard InChI is InChI=1S/C13H20N2O/c16-13-5-3-12(4-6-13)11-14-7-10-15-8-1-2-9-15/h3-6,14,16H,1-2,7-11H2. The van der Waals surface area contributed by atoms with Gasteiger partial charge in [0.15, 0.2) is 0 Å². The summed E-state index contributed by atoms with van der Waals surface area (Å²) in [6.45, 7) is 5.61. The van der Waals surface area contributed by atoms with Crippen LogP contribution < -0.4 is 5.32 Å². The van der Waals surface area contributed by atoms with E-state index in [9.17, 15) is 0 Å². The molecule has 1 fully saturated rings. The second kappa shape index (κ2) is 5.87. The molecule has 0 amide bonds. The van der Waals surface area contributed by atoms with E-state index in [0.717, 1.165) is 19.6 Å². The van der Waals surface area contributed by atoms with Gasteiger partial charge in [-0.3, -0.25) is 0 Å². The molecule has 0 aliphatic carbocycles. The molecule has 0 radical (unpaired) electrons. The summed E-state index contributed by atoms with van der Waals surface area (Å²) < 4.78 is 0. The van der Waals surface area contributed by atoms with E-state index in [4.69, 9.17) is 5.11 Å². The SMILES string of the molecule is Oc1ccc(CNCCN2CCCC2)cc1. The maximum Gasteiger partial charge on any atom is 0.115 e. The third-order valence-corrected chi connectivity index (χ3v) is 3.07. The van der Waals surface area contributed by atoms with Gasteiger partial charge in [0.2, 0.25) is 0 Å². The van der Waals surface area contributed by atoms with Gasteiger partial charge < -0.3 is 15.3 Å². The third-order valence-electron chi connectivity index (χ3n) is 3.07. The number of hydrogen-bond donors (Lipinski definition) is 2. The van der Waals surface area contributed by atoms with Gasteiger partial charge in [-0.15, -0.1) is 0 Å². The van der Waals surface area contributed by atoms with Crippen LogP contribution in [0.15, 0.2) is 24.3 Å². The molecular formula is C13H20N2O. The summed E-state index contributed by atoms with van der Waals surface area (Å²) in [6.07, 6.45) is 2.72. The second-order valence-electron chi connectivity index (χ2n) is 4.39. The number of nitrogens with one attached hydrogen (secondary N) is 1. The van der Waals surface area contributed by atoms with Crippen molar-refractivity contribution >= 4 is 0 Å². The van der Waals surface area contributed by atoms with E-state index in [1.807, 2.05) is 12.1 Å². The summed E-state index contributed by atoms with van der Waals surface area (Å²) in [5.41, 5.74) is 1.22. The molecule has 0 atom stereocenters. The highest BCUT2D eigenvalue weighted by Gasteiger charge is 2.09. The van der Waals surface area contributed by atoms with E-state index >= 15 is 0 Å². The Hall–Kier alpha value is -1.06. The van der Waals surface area contributed by atoms with Crippen LogP contribution in [0, 0.1) is 0 Å². The summed E-state index contributed by atoms with van der Waals surface area (Å²) in [4.78, 5) is 2.50. The number of aromatic hydroxyl groups is 1. The number of phenolic OH excluding ortho intramolecular Hbond substituents is 1. The van der Waals surface area contributed by atoms with Gasteiger partial charge in [-0.2, -0.15) is 0 Å². The van der Waals surface area contributed by atoms with Crippen LogP contribution in [-0.2, 0) is 6.54 Å². The van der Waals surface area contributed by atoms with Crippen molar-refractivity contribution in [1.29, 1.82) is 0 Å². The maximum absolute atomic E-state index is 9.14. The van der Waals surface area contributed by atoms with Crippen molar-refractivity contribution in [2.75, 3.05) is 26.2 Å². The summed E-state index contributed by atoms with van der Waals surface area (Å²) in [7, 11) is 0. The zero-order chi connectivity index (χ0) is 11.2. The van der Waals surface area contributed by atoms with Crippen LogP contribution in [0.1, 0.15) is 18.4 Å². The van der Waals surface area contributed by atoms with E-state index in [0.29, 0.717) is 5.75 Å². The average molecular weight is 220 g/mol. The molecule has 2 rings (SSSR count). The molecule has 1 aliphatic heterocycles. The summed E-state index contributed by atoms with van der Waals surface area (Å²) >= 11 is 0. The average Bonchev–Trinajstić information content (AvgIpc) is 2.80. The lowest BCUT2D eigenvalue weighted by atomic mass is 10.2. The molecule has 88 valence electrons. The predicted octanol–water partition coefficient (Wildman–Crippen LogP) is 1.58. The molecule has 0 bridgehead atoms. The van der Waals surface area contributed by atoms with E-state index in [1.54, 1.807) is 12.1 Å². The fraction of sp³-hybridized carbons (Fsp3) is 0.538. The van der Waals surface area contributed by atoms with Crippen LogP contribution in [0.25, 0.3) is 0 Å². The fourth-order valence-corrected chi connectivity index (χ4v) is 2.09. The van der Waals surface area contributed by atoms with Crippen molar-refractivity contribution in [2.24, 2.45) is 0 Å². The molecule has 1 aromatic rings. The highest BCUT2D eigenvalue weighted by molar-refractivity contribution is 5.25. The molecule has 16 heavy (non-hydrogen) atoms. The molecule has 1 aliphatic rings. The zero-order valence-electron chi connectivity index (χ0n) is 9.65. The quantitative estimate of drug-likeness (QED) is 0.740. The molecule has 1 heterocycles. The number of benzene rings is 1. The molecule has 1 aromatic carbocycles. The van der Waals surface area contributed by atoms with Crippen molar-refractivity contribution in [3.63, 3.8) is 0 Å². The zero-order valence-corrected chi connectivity index (χ0v) is 9.65. The van der Waals surface area contributed by atoms with Crippen LogP contribution in [0.4, 0.5) is 0 Å². The van der Waals surface area contributed by atoms with Crippen LogP contribution in [-0.4, -0.2) is 36.2 Å². The van der Waals surface area contributed by atoms with Crippen molar-refractivity contribution < 1.29 is 5.11 Å². The van der Waals surface area contributed by atoms with E-state index in [-0.39, 0.29) is 0 Å². The lowest BCUT2D eigenvalue weighted by Gasteiger charge is -2.14. The van der Waals surface area contributed by atoms with Crippen molar-refractivity contribution in [1.82, 2.24) is 10.2 Å². The molecule has 3 nitrogen and oxygen atoms in total. The first-order chi connectivity index (χ1) is 7.84. The van der Waals surface area contributed by atoms with Gasteiger partial charge in [0.25, 0.3) is 0 Å². The summed E-state index contributed by atoms with van der Waals surface area (Å²) in [5.74, 6) is 0.334. The molecule has 1 saturated heterocycles. The molecule has 0 saturated carbocycles. The second-order valence-corrected chi connectivity index (χ2v) is 4.39. The third kappa shape index (κ3) is 3.51. The minimum absolute atomic E-state index is 0.334. The Kier molecular flexibility index (Phi) is 4.19. The van der Waals surface area contributed by atoms with Crippen LogP contribution in [0.5, 0.6) is 5.75 Å². The Morgan fingerprint density at radius 3 is 2.50 bits per heavy atom. The molecule has 0 aromatic heterocycles. The molecule has 3 heteroatoms. The molecule has 0 spiro atoms. The Bertz CT molecular complexity index is 304. The summed E-state index contributed by atoms with van der Waals surface area (Å²) in [6, 6.07) is 7.38. The molecule has 0 unspecified atom stereocenters. The normalized spacial score (nSPS) is 16.8. The van der Waals surface area contributed by atoms with Gasteiger partial charge in [-0.05, 0) is 43.6 Å².